The van der Waals surface area contributed by atoms with Crippen LogP contribution in [0.1, 0.15) is 45.5 Å². The van der Waals surface area contributed by atoms with Gasteiger partial charge in [-0.3, -0.25) is 29.4 Å². The lowest BCUT2D eigenvalue weighted by molar-refractivity contribution is -0.136. The number of benzene rings is 1. The third kappa shape index (κ3) is 3.43. The van der Waals surface area contributed by atoms with Gasteiger partial charge in [0.15, 0.2) is 0 Å². The molecular weight excluding hydrogens is 367 g/mol. The van der Waals surface area contributed by atoms with Crippen LogP contribution in [0.2, 0.25) is 0 Å². The third-order valence-electron chi connectivity index (χ3n) is 5.40. The van der Waals surface area contributed by atoms with E-state index in [1.807, 2.05) is 0 Å². The summed E-state index contributed by atoms with van der Waals surface area (Å²) in [6.07, 6.45) is -0.237. The highest BCUT2D eigenvalue weighted by Gasteiger charge is 2.44. The molecule has 0 aliphatic carbocycles. The Morgan fingerprint density at radius 3 is 2.64 bits per heavy atom. The molecule has 0 bridgehead atoms. The lowest BCUT2D eigenvalue weighted by Crippen LogP contribution is -2.54. The SMILES string of the molecule is O=C1CCC(N2C(=O)c3ccc(CN[C@@H]4CNC[C@@H](F)C4)cc3C2=O)C(=O)N1. The second kappa shape index (κ2) is 7.40. The number of amides is 4. The minimum absolute atomic E-state index is 0.00527. The summed E-state index contributed by atoms with van der Waals surface area (Å²) >= 11 is 0. The lowest BCUT2D eigenvalue weighted by Gasteiger charge is -2.27. The molecule has 0 aromatic heterocycles. The van der Waals surface area contributed by atoms with Crippen molar-refractivity contribution >= 4 is 23.6 Å². The van der Waals surface area contributed by atoms with E-state index in [2.05, 4.69) is 16.0 Å². The van der Waals surface area contributed by atoms with E-state index in [9.17, 15) is 23.6 Å². The average Bonchev–Trinajstić information content (AvgIpc) is 2.91. The standard InChI is InChI=1S/C19H21FN4O4/c20-11-6-12(9-21-8-11)22-7-10-1-2-13-14(5-10)19(28)24(18(13)27)15-3-4-16(25)23-17(15)26/h1-2,5,11-12,15,21-22H,3-4,6-9H2,(H,23,25,26)/t11-,12-,15?/m0/s1. The fourth-order valence-corrected chi connectivity index (χ4v) is 3.94. The van der Waals surface area contributed by atoms with E-state index in [-0.39, 0.29) is 30.0 Å². The first-order valence-corrected chi connectivity index (χ1v) is 9.36. The number of carbonyl (C=O) groups excluding carboxylic acids is 4. The van der Waals surface area contributed by atoms with Crippen molar-refractivity contribution in [3.8, 4) is 0 Å². The quantitative estimate of drug-likeness (QED) is 0.621. The summed E-state index contributed by atoms with van der Waals surface area (Å²) in [5.74, 6) is -2.08. The molecule has 1 unspecified atom stereocenters. The molecule has 148 valence electrons. The van der Waals surface area contributed by atoms with Gasteiger partial charge in [-0.2, -0.15) is 0 Å². The summed E-state index contributed by atoms with van der Waals surface area (Å²) < 4.78 is 13.5. The van der Waals surface area contributed by atoms with Gasteiger partial charge in [0.05, 0.1) is 11.1 Å². The van der Waals surface area contributed by atoms with Gasteiger partial charge in [0, 0.05) is 32.1 Å². The Kier molecular flexibility index (Phi) is 4.94. The van der Waals surface area contributed by atoms with Gasteiger partial charge >= 0.3 is 0 Å². The van der Waals surface area contributed by atoms with Crippen molar-refractivity contribution in [2.45, 2.75) is 44.1 Å². The van der Waals surface area contributed by atoms with Crippen LogP contribution in [0.15, 0.2) is 18.2 Å². The fraction of sp³-hybridized carbons (Fsp3) is 0.474. The summed E-state index contributed by atoms with van der Waals surface area (Å²) in [4.78, 5) is 49.8. The third-order valence-corrected chi connectivity index (χ3v) is 5.40. The number of alkyl halides is 1. The van der Waals surface area contributed by atoms with Crippen LogP contribution >= 0.6 is 0 Å². The first kappa shape index (κ1) is 18.7. The highest BCUT2D eigenvalue weighted by molar-refractivity contribution is 6.23. The molecule has 3 N–H and O–H groups in total. The molecule has 28 heavy (non-hydrogen) atoms. The summed E-state index contributed by atoms with van der Waals surface area (Å²) in [5, 5.41) is 8.45. The number of carbonyl (C=O) groups is 4. The smallest absolute Gasteiger partial charge is 0.262 e. The molecule has 1 aromatic carbocycles. The van der Waals surface area contributed by atoms with E-state index in [1.54, 1.807) is 18.2 Å². The fourth-order valence-electron chi connectivity index (χ4n) is 3.94. The van der Waals surface area contributed by atoms with Gasteiger partial charge in [-0.1, -0.05) is 6.07 Å². The average molecular weight is 388 g/mol. The maximum atomic E-state index is 13.5. The van der Waals surface area contributed by atoms with Crippen LogP contribution in [0.5, 0.6) is 0 Å². The Labute approximate surface area is 160 Å². The highest BCUT2D eigenvalue weighted by Crippen LogP contribution is 2.28. The van der Waals surface area contributed by atoms with E-state index in [0.29, 0.717) is 26.1 Å². The number of nitrogens with zero attached hydrogens (tertiary/aromatic N) is 1. The topological polar surface area (TPSA) is 108 Å². The van der Waals surface area contributed by atoms with Crippen molar-refractivity contribution < 1.29 is 23.6 Å². The monoisotopic (exact) mass is 388 g/mol. The molecule has 2 saturated heterocycles. The van der Waals surface area contributed by atoms with E-state index in [0.717, 1.165) is 10.5 Å². The number of hydrogen-bond donors (Lipinski definition) is 3. The molecule has 2 fully saturated rings. The number of halogens is 1. The van der Waals surface area contributed by atoms with E-state index < -0.39 is 35.8 Å². The van der Waals surface area contributed by atoms with Gasteiger partial charge < -0.3 is 10.6 Å². The Hall–Kier alpha value is -2.65. The predicted octanol–water partition coefficient (Wildman–Crippen LogP) is -0.123. The van der Waals surface area contributed by atoms with Gasteiger partial charge in [-0.15, -0.1) is 0 Å². The minimum Gasteiger partial charge on any atom is -0.312 e. The Bertz CT molecular complexity index is 858. The molecule has 3 atom stereocenters. The minimum atomic E-state index is -0.971. The van der Waals surface area contributed by atoms with Gasteiger partial charge in [0.25, 0.3) is 11.8 Å². The van der Waals surface area contributed by atoms with Crippen molar-refractivity contribution in [1.29, 1.82) is 0 Å². The van der Waals surface area contributed by atoms with Crippen LogP contribution in [0.3, 0.4) is 0 Å². The largest absolute Gasteiger partial charge is 0.312 e. The molecular formula is C19H21FN4O4. The number of hydrogen-bond acceptors (Lipinski definition) is 6. The van der Waals surface area contributed by atoms with Gasteiger partial charge in [0.1, 0.15) is 12.2 Å². The van der Waals surface area contributed by atoms with Crippen molar-refractivity contribution in [2.24, 2.45) is 0 Å². The van der Waals surface area contributed by atoms with Gasteiger partial charge in [-0.25, -0.2) is 4.39 Å². The zero-order valence-corrected chi connectivity index (χ0v) is 15.2. The number of imide groups is 2. The van der Waals surface area contributed by atoms with Crippen LogP contribution < -0.4 is 16.0 Å². The molecule has 0 spiro atoms. The predicted molar refractivity (Wildman–Crippen MR) is 96.1 cm³/mol. The van der Waals surface area contributed by atoms with Crippen molar-refractivity contribution in [1.82, 2.24) is 20.9 Å². The highest BCUT2D eigenvalue weighted by atomic mass is 19.1. The second-order valence-electron chi connectivity index (χ2n) is 7.40. The van der Waals surface area contributed by atoms with Crippen molar-refractivity contribution in [2.75, 3.05) is 13.1 Å². The molecule has 8 nitrogen and oxygen atoms in total. The van der Waals surface area contributed by atoms with Crippen molar-refractivity contribution in [3.63, 3.8) is 0 Å². The van der Waals surface area contributed by atoms with E-state index in [1.165, 1.54) is 0 Å². The van der Waals surface area contributed by atoms with E-state index in [4.69, 9.17) is 0 Å². The van der Waals surface area contributed by atoms with Crippen LogP contribution in [0.25, 0.3) is 0 Å². The van der Waals surface area contributed by atoms with Crippen molar-refractivity contribution in [3.05, 3.63) is 34.9 Å². The summed E-state index contributed by atoms with van der Waals surface area (Å²) in [7, 11) is 0. The van der Waals surface area contributed by atoms with Crippen LogP contribution in [-0.4, -0.2) is 59.9 Å². The molecule has 4 amide bonds. The van der Waals surface area contributed by atoms with Crippen LogP contribution in [-0.2, 0) is 16.1 Å². The normalized spacial score (nSPS) is 27.8. The molecule has 4 rings (SSSR count). The molecule has 3 aliphatic rings. The number of rotatable bonds is 4. The second-order valence-corrected chi connectivity index (χ2v) is 7.40. The van der Waals surface area contributed by atoms with Crippen LogP contribution in [0, 0.1) is 0 Å². The lowest BCUT2D eigenvalue weighted by atomic mass is 10.0. The maximum absolute atomic E-state index is 13.5. The van der Waals surface area contributed by atoms with Gasteiger partial charge in [0.2, 0.25) is 11.8 Å². The van der Waals surface area contributed by atoms with Gasteiger partial charge in [-0.05, 0) is 30.5 Å². The van der Waals surface area contributed by atoms with E-state index >= 15 is 0 Å². The Morgan fingerprint density at radius 1 is 1.11 bits per heavy atom. The zero-order chi connectivity index (χ0) is 19.8. The molecule has 9 heteroatoms. The molecule has 0 saturated carbocycles. The maximum Gasteiger partial charge on any atom is 0.262 e. The Morgan fingerprint density at radius 2 is 1.89 bits per heavy atom. The number of piperidine rings is 2. The first-order valence-electron chi connectivity index (χ1n) is 9.36. The first-order chi connectivity index (χ1) is 13.4. The molecule has 3 aliphatic heterocycles. The molecule has 3 heterocycles. The van der Waals surface area contributed by atoms with Crippen LogP contribution in [0.4, 0.5) is 4.39 Å². The summed E-state index contributed by atoms with van der Waals surface area (Å²) in [5.41, 5.74) is 1.30. The molecule has 0 radical (unpaired) electrons. The summed E-state index contributed by atoms with van der Waals surface area (Å²) in [6.45, 7) is 1.47. The Balaban J connectivity index is 1.48. The number of fused-ring (bicyclic) bond motifs is 1. The zero-order valence-electron chi connectivity index (χ0n) is 15.2. The number of nitrogens with one attached hydrogen (secondary N) is 3. The molecule has 1 aromatic rings. The summed E-state index contributed by atoms with van der Waals surface area (Å²) in [6, 6.07) is 3.98.